The number of rotatable bonds is 9. The fourth-order valence-corrected chi connectivity index (χ4v) is 3.88. The van der Waals surface area contributed by atoms with E-state index < -0.39 is 12.8 Å². The number of imidazole rings is 1. The zero-order valence-electron chi connectivity index (χ0n) is 19.9. The second kappa shape index (κ2) is 11.4. The van der Waals surface area contributed by atoms with Gasteiger partial charge in [0, 0.05) is 10.7 Å². The van der Waals surface area contributed by atoms with Gasteiger partial charge in [-0.2, -0.15) is 0 Å². The van der Waals surface area contributed by atoms with E-state index in [1.54, 1.807) is 25.1 Å². The maximum atomic E-state index is 13.3. The van der Waals surface area contributed by atoms with Crippen LogP contribution < -0.4 is 15.6 Å². The van der Waals surface area contributed by atoms with E-state index >= 15 is 0 Å². The first-order valence-electron chi connectivity index (χ1n) is 11.1. The lowest BCUT2D eigenvalue weighted by Gasteiger charge is -2.26. The molecule has 0 spiro atoms. The van der Waals surface area contributed by atoms with Crippen LogP contribution in [0.3, 0.4) is 0 Å². The summed E-state index contributed by atoms with van der Waals surface area (Å²) in [5, 5.41) is 1.39. The smallest absolute Gasteiger partial charge is 0.406 e. The number of hydrogen-bond acceptors (Lipinski definition) is 4. The molecule has 2 N–H and O–H groups in total. The van der Waals surface area contributed by atoms with Gasteiger partial charge < -0.3 is 9.30 Å². The number of anilines is 1. The number of aromatic nitrogens is 2. The molecule has 0 radical (unpaired) electrons. The second-order valence-electron chi connectivity index (χ2n) is 8.30. The molecule has 11 heteroatoms. The lowest BCUT2D eigenvalue weighted by Crippen LogP contribution is -2.30. The highest BCUT2D eigenvalue weighted by atomic mass is 79.9. The number of aryl methyl sites for hydroxylation is 1. The minimum Gasteiger partial charge on any atom is -0.406 e. The largest absolute Gasteiger partial charge is 0.573 e. The topological polar surface area (TPSA) is 56.3 Å². The van der Waals surface area contributed by atoms with Crippen LogP contribution in [0.5, 0.6) is 5.75 Å². The Morgan fingerprint density at radius 1 is 1.19 bits per heavy atom. The lowest BCUT2D eigenvalue weighted by atomic mass is 10.0. The molecule has 0 bridgehead atoms. The standard InChI is InChI=1S/C25H26BrF5N4O/c1-4-15(2)5-11-21(17-6-9-19(10-7-17)36-25(29,30)31)35(32)23-13-18(26)8-12-22(23)34-14-20(24(27)28)33-16(34)3/h6-15,24H,4-5,32H2,1-3H3. The van der Waals surface area contributed by atoms with Gasteiger partial charge in [-0.25, -0.2) is 19.6 Å². The van der Waals surface area contributed by atoms with Crippen molar-refractivity contribution in [3.05, 3.63) is 76.3 Å². The molecule has 36 heavy (non-hydrogen) atoms. The summed E-state index contributed by atoms with van der Waals surface area (Å²) in [7, 11) is 0. The number of benzene rings is 2. The molecule has 1 aromatic heterocycles. The average molecular weight is 573 g/mol. The van der Waals surface area contributed by atoms with Gasteiger partial charge in [0.2, 0.25) is 0 Å². The molecule has 1 heterocycles. The third-order valence-corrected chi connectivity index (χ3v) is 6.13. The van der Waals surface area contributed by atoms with Crippen molar-refractivity contribution in [2.75, 3.05) is 5.01 Å². The Hall–Kier alpha value is -2.92. The van der Waals surface area contributed by atoms with Gasteiger partial charge >= 0.3 is 6.36 Å². The lowest BCUT2D eigenvalue weighted by molar-refractivity contribution is -0.274. The highest BCUT2D eigenvalue weighted by molar-refractivity contribution is 9.10. The van der Waals surface area contributed by atoms with Gasteiger partial charge in [0.15, 0.2) is 0 Å². The molecule has 2 aromatic carbocycles. The highest BCUT2D eigenvalue weighted by Gasteiger charge is 2.31. The van der Waals surface area contributed by atoms with Gasteiger partial charge in [-0.05, 0) is 67.3 Å². The first kappa shape index (κ1) is 27.7. The minimum atomic E-state index is -4.80. The molecule has 0 fully saturated rings. The Balaban J connectivity index is 2.09. The van der Waals surface area contributed by atoms with Crippen LogP contribution in [0.4, 0.5) is 27.6 Å². The quantitative estimate of drug-likeness (QED) is 0.161. The molecule has 0 aliphatic heterocycles. The summed E-state index contributed by atoms with van der Waals surface area (Å²) in [6.07, 6.45) is -2.80. The predicted octanol–water partition coefficient (Wildman–Crippen LogP) is 7.94. The van der Waals surface area contributed by atoms with Crippen molar-refractivity contribution < 1.29 is 26.7 Å². The summed E-state index contributed by atoms with van der Waals surface area (Å²) in [5.74, 6) is 6.93. The van der Waals surface area contributed by atoms with E-state index in [0.29, 0.717) is 45.3 Å². The van der Waals surface area contributed by atoms with Crippen molar-refractivity contribution in [3.63, 3.8) is 0 Å². The minimum absolute atomic E-state index is 0.327. The number of halogens is 6. The Labute approximate surface area is 214 Å². The van der Waals surface area contributed by atoms with Crippen LogP contribution >= 0.6 is 15.9 Å². The summed E-state index contributed by atoms with van der Waals surface area (Å²) in [4.78, 5) is 3.94. The maximum absolute atomic E-state index is 13.3. The van der Waals surface area contributed by atoms with Crippen molar-refractivity contribution in [1.29, 1.82) is 0 Å². The van der Waals surface area contributed by atoms with Crippen molar-refractivity contribution in [3.8, 4) is 11.4 Å². The molecular formula is C25H26BrF5N4O. The fraction of sp³-hybridized carbons (Fsp3) is 0.320. The van der Waals surface area contributed by atoms with E-state index in [1.807, 2.05) is 6.08 Å². The molecule has 194 valence electrons. The Bertz CT molecular complexity index is 1210. The zero-order chi connectivity index (χ0) is 26.6. The monoisotopic (exact) mass is 572 g/mol. The van der Waals surface area contributed by atoms with E-state index in [9.17, 15) is 22.0 Å². The molecule has 0 aliphatic carbocycles. The molecule has 0 aliphatic rings. The third kappa shape index (κ3) is 6.85. The molecule has 1 atom stereocenters. The fourth-order valence-electron chi connectivity index (χ4n) is 3.53. The zero-order valence-corrected chi connectivity index (χ0v) is 21.4. The van der Waals surface area contributed by atoms with Crippen molar-refractivity contribution in [1.82, 2.24) is 9.55 Å². The van der Waals surface area contributed by atoms with Gasteiger partial charge in [0.1, 0.15) is 17.3 Å². The normalized spacial score (nSPS) is 13.2. The summed E-state index contributed by atoms with van der Waals surface area (Å²) < 4.78 is 70.6. The molecule has 3 aromatic rings. The van der Waals surface area contributed by atoms with Crippen LogP contribution in [0.2, 0.25) is 0 Å². The number of allylic oxidation sites excluding steroid dienone is 1. The highest BCUT2D eigenvalue weighted by Crippen LogP contribution is 2.34. The van der Waals surface area contributed by atoms with Crippen LogP contribution in [0.1, 0.15) is 50.2 Å². The molecule has 1 unspecified atom stereocenters. The molecule has 0 amide bonds. The number of nitrogens with zero attached hydrogens (tertiary/aromatic N) is 3. The van der Waals surface area contributed by atoms with Crippen molar-refractivity contribution >= 4 is 27.3 Å². The molecule has 0 saturated carbocycles. The first-order valence-corrected chi connectivity index (χ1v) is 11.9. The van der Waals surface area contributed by atoms with Gasteiger partial charge in [-0.15, -0.1) is 13.2 Å². The predicted molar refractivity (Wildman–Crippen MR) is 133 cm³/mol. The number of hydrazine groups is 1. The van der Waals surface area contributed by atoms with E-state index in [1.165, 1.54) is 40.0 Å². The molecular weight excluding hydrogens is 547 g/mol. The Morgan fingerprint density at radius 2 is 1.86 bits per heavy atom. The van der Waals surface area contributed by atoms with Crippen LogP contribution in [-0.4, -0.2) is 15.9 Å². The van der Waals surface area contributed by atoms with Gasteiger partial charge in [0.25, 0.3) is 6.43 Å². The number of hydrogen-bond donors (Lipinski definition) is 1. The summed E-state index contributed by atoms with van der Waals surface area (Å²) >= 11 is 3.43. The van der Waals surface area contributed by atoms with Crippen LogP contribution in [0, 0.1) is 12.8 Å². The van der Waals surface area contributed by atoms with Gasteiger partial charge in [0.05, 0.1) is 17.1 Å². The number of nitrogens with two attached hydrogens (primary N) is 1. The first-order chi connectivity index (χ1) is 16.9. The SMILES string of the molecule is CCC(C)CC=C(c1ccc(OC(F)(F)F)cc1)N(N)c1cc(Br)ccc1-n1cc(C(F)F)nc1C. The summed E-state index contributed by atoms with van der Waals surface area (Å²) in [5.41, 5.74) is 1.69. The Kier molecular flexibility index (Phi) is 8.78. The van der Waals surface area contributed by atoms with Crippen molar-refractivity contribution in [2.24, 2.45) is 11.8 Å². The molecule has 3 rings (SSSR count). The van der Waals surface area contributed by atoms with Gasteiger partial charge in [-0.1, -0.05) is 42.3 Å². The van der Waals surface area contributed by atoms with Crippen LogP contribution in [0.25, 0.3) is 11.4 Å². The van der Waals surface area contributed by atoms with E-state index in [4.69, 9.17) is 5.84 Å². The van der Waals surface area contributed by atoms with E-state index in [-0.39, 0.29) is 11.4 Å². The maximum Gasteiger partial charge on any atom is 0.573 e. The van der Waals surface area contributed by atoms with Crippen LogP contribution in [0.15, 0.2) is 59.2 Å². The van der Waals surface area contributed by atoms with Crippen molar-refractivity contribution in [2.45, 2.75) is 46.4 Å². The van der Waals surface area contributed by atoms with Gasteiger partial charge in [-0.3, -0.25) is 5.01 Å². The molecule has 5 nitrogen and oxygen atoms in total. The average Bonchev–Trinajstić information content (AvgIpc) is 3.20. The number of alkyl halides is 5. The van der Waals surface area contributed by atoms with E-state index in [2.05, 4.69) is 39.5 Å². The molecule has 0 saturated heterocycles. The summed E-state index contributed by atoms with van der Waals surface area (Å²) in [6, 6.07) is 10.6. The Morgan fingerprint density at radius 3 is 2.42 bits per heavy atom. The second-order valence-corrected chi connectivity index (χ2v) is 9.21. The summed E-state index contributed by atoms with van der Waals surface area (Å²) in [6.45, 7) is 5.73. The number of ether oxygens (including phenoxy) is 1. The third-order valence-electron chi connectivity index (χ3n) is 5.63. The van der Waals surface area contributed by atoms with Crippen LogP contribution in [-0.2, 0) is 0 Å². The van der Waals surface area contributed by atoms with E-state index in [0.717, 1.165) is 6.42 Å².